The number of benzene rings is 2. The van der Waals surface area contributed by atoms with Gasteiger partial charge in [-0.2, -0.15) is 0 Å². The lowest BCUT2D eigenvalue weighted by Crippen LogP contribution is -2.43. The van der Waals surface area contributed by atoms with Crippen molar-refractivity contribution in [3.8, 4) is 11.5 Å². The molecule has 2 aromatic carbocycles. The Morgan fingerprint density at radius 1 is 1.18 bits per heavy atom. The second-order valence-electron chi connectivity index (χ2n) is 7.30. The molecule has 0 radical (unpaired) electrons. The van der Waals surface area contributed by atoms with Gasteiger partial charge in [0.25, 0.3) is 0 Å². The maximum absolute atomic E-state index is 12.8. The molecule has 2 atom stereocenters. The first-order valence-corrected chi connectivity index (χ1v) is 9.86. The smallest absolute Gasteiger partial charge is 0.237 e. The molecule has 7 heteroatoms. The molecule has 0 aliphatic carbocycles. The van der Waals surface area contributed by atoms with E-state index < -0.39 is 0 Å². The van der Waals surface area contributed by atoms with Gasteiger partial charge in [0.2, 0.25) is 12.7 Å². The summed E-state index contributed by atoms with van der Waals surface area (Å²) in [5.41, 5.74) is 8.32. The molecule has 28 heavy (non-hydrogen) atoms. The van der Waals surface area contributed by atoms with Crippen LogP contribution in [0.5, 0.6) is 11.5 Å². The summed E-state index contributed by atoms with van der Waals surface area (Å²) in [4.78, 5) is 14.9. The second kappa shape index (κ2) is 8.39. The Balaban J connectivity index is 1.32. The molecule has 1 saturated heterocycles. The molecule has 1 amide bonds. The number of amides is 1. The minimum absolute atomic E-state index is 0.00351. The highest BCUT2D eigenvalue weighted by molar-refractivity contribution is 6.30. The largest absolute Gasteiger partial charge is 0.454 e. The highest BCUT2D eigenvalue weighted by Gasteiger charge is 2.34. The van der Waals surface area contributed by atoms with E-state index in [0.29, 0.717) is 31.1 Å². The lowest BCUT2D eigenvalue weighted by Gasteiger charge is -2.23. The number of fused-ring (bicyclic) bond motifs is 1. The van der Waals surface area contributed by atoms with E-state index in [0.717, 1.165) is 29.0 Å². The van der Waals surface area contributed by atoms with Crippen LogP contribution >= 0.6 is 11.6 Å². The fourth-order valence-electron chi connectivity index (χ4n) is 3.80. The normalized spacial score (nSPS) is 21.1. The molecule has 2 aliphatic rings. The zero-order valence-electron chi connectivity index (χ0n) is 15.6. The average Bonchev–Trinajstić information content (AvgIpc) is 3.27. The van der Waals surface area contributed by atoms with Crippen molar-refractivity contribution in [2.45, 2.75) is 31.5 Å². The molecular weight excluding hydrogens is 378 g/mol. The molecule has 148 valence electrons. The number of rotatable bonds is 6. The van der Waals surface area contributed by atoms with Crippen molar-refractivity contribution in [3.05, 3.63) is 58.6 Å². The summed E-state index contributed by atoms with van der Waals surface area (Å²) in [5.74, 6) is 1.55. The third-order valence-corrected chi connectivity index (χ3v) is 5.40. The fraction of sp³-hybridized carbons (Fsp3) is 0.381. The molecule has 0 bridgehead atoms. The minimum Gasteiger partial charge on any atom is -0.454 e. The van der Waals surface area contributed by atoms with Gasteiger partial charge in [0, 0.05) is 30.7 Å². The summed E-state index contributed by atoms with van der Waals surface area (Å²) in [7, 11) is 0. The van der Waals surface area contributed by atoms with E-state index in [1.165, 1.54) is 0 Å². The number of nitrogens with zero attached hydrogens (tertiary/aromatic N) is 1. The van der Waals surface area contributed by atoms with Crippen LogP contribution in [0, 0.1) is 0 Å². The zero-order valence-corrected chi connectivity index (χ0v) is 16.3. The van der Waals surface area contributed by atoms with Gasteiger partial charge in [-0.1, -0.05) is 29.8 Å². The summed E-state index contributed by atoms with van der Waals surface area (Å²) < 4.78 is 10.7. The van der Waals surface area contributed by atoms with Crippen LogP contribution in [0.3, 0.4) is 0 Å². The predicted molar refractivity (Wildman–Crippen MR) is 108 cm³/mol. The van der Waals surface area contributed by atoms with E-state index in [1.54, 1.807) is 0 Å². The molecule has 0 spiro atoms. The Bertz CT molecular complexity index is 861. The molecule has 0 saturated carbocycles. The van der Waals surface area contributed by atoms with Crippen LogP contribution in [0.2, 0.25) is 5.02 Å². The van der Waals surface area contributed by atoms with Gasteiger partial charge in [0.15, 0.2) is 11.5 Å². The van der Waals surface area contributed by atoms with Gasteiger partial charge in [-0.15, -0.1) is 0 Å². The van der Waals surface area contributed by atoms with E-state index in [1.807, 2.05) is 42.5 Å². The standard InChI is InChI=1S/C21H24ClN3O3/c22-16-3-1-2-15(8-16)11-25-12-17(23)10-18(25)21(26)24-7-6-14-4-5-19-20(9-14)28-13-27-19/h1-5,8-9,17-18H,6-7,10-13,23H2,(H,24,26)/t17-,18+/m1/s1. The van der Waals surface area contributed by atoms with Crippen molar-refractivity contribution in [2.75, 3.05) is 19.9 Å². The quantitative estimate of drug-likeness (QED) is 0.776. The van der Waals surface area contributed by atoms with Crippen LogP contribution < -0.4 is 20.5 Å². The van der Waals surface area contributed by atoms with Crippen molar-refractivity contribution in [1.82, 2.24) is 10.2 Å². The monoisotopic (exact) mass is 401 g/mol. The van der Waals surface area contributed by atoms with Crippen LogP contribution in [-0.4, -0.2) is 42.8 Å². The van der Waals surface area contributed by atoms with Gasteiger partial charge >= 0.3 is 0 Å². The molecule has 6 nitrogen and oxygen atoms in total. The second-order valence-corrected chi connectivity index (χ2v) is 7.74. The Morgan fingerprint density at radius 3 is 2.89 bits per heavy atom. The van der Waals surface area contributed by atoms with E-state index in [9.17, 15) is 4.79 Å². The maximum Gasteiger partial charge on any atom is 0.237 e. The van der Waals surface area contributed by atoms with E-state index >= 15 is 0 Å². The SMILES string of the molecule is N[C@@H]1C[C@@H](C(=O)NCCc2ccc3c(c2)OCO3)N(Cc2cccc(Cl)c2)C1. The summed E-state index contributed by atoms with van der Waals surface area (Å²) in [6, 6.07) is 13.4. The number of likely N-dealkylation sites (tertiary alicyclic amines) is 1. The lowest BCUT2D eigenvalue weighted by atomic mass is 10.1. The highest BCUT2D eigenvalue weighted by Crippen LogP contribution is 2.32. The molecule has 2 aromatic rings. The van der Waals surface area contributed by atoms with E-state index in [-0.39, 0.29) is 24.8 Å². The van der Waals surface area contributed by atoms with Crippen LogP contribution in [0.4, 0.5) is 0 Å². The van der Waals surface area contributed by atoms with Gasteiger partial charge < -0.3 is 20.5 Å². The van der Waals surface area contributed by atoms with Crippen molar-refractivity contribution < 1.29 is 14.3 Å². The van der Waals surface area contributed by atoms with Crippen molar-refractivity contribution in [1.29, 1.82) is 0 Å². The Labute approximate surface area is 169 Å². The lowest BCUT2D eigenvalue weighted by molar-refractivity contribution is -0.125. The van der Waals surface area contributed by atoms with Crippen LogP contribution in [0.15, 0.2) is 42.5 Å². The van der Waals surface area contributed by atoms with Crippen LogP contribution in [0.25, 0.3) is 0 Å². The molecular formula is C21H24ClN3O3. The Morgan fingerprint density at radius 2 is 2.04 bits per heavy atom. The topological polar surface area (TPSA) is 76.8 Å². The van der Waals surface area contributed by atoms with Crippen molar-refractivity contribution >= 4 is 17.5 Å². The van der Waals surface area contributed by atoms with Crippen LogP contribution in [-0.2, 0) is 17.8 Å². The fourth-order valence-corrected chi connectivity index (χ4v) is 4.01. The van der Waals surface area contributed by atoms with Crippen molar-refractivity contribution in [2.24, 2.45) is 5.73 Å². The van der Waals surface area contributed by atoms with E-state index in [4.69, 9.17) is 26.8 Å². The number of halogens is 1. The first-order chi connectivity index (χ1) is 13.6. The van der Waals surface area contributed by atoms with Crippen LogP contribution in [0.1, 0.15) is 17.5 Å². The number of ether oxygens (including phenoxy) is 2. The van der Waals surface area contributed by atoms with Gasteiger partial charge in [-0.05, 0) is 48.2 Å². The first-order valence-electron chi connectivity index (χ1n) is 9.49. The zero-order chi connectivity index (χ0) is 19.5. The molecule has 0 aromatic heterocycles. The molecule has 3 N–H and O–H groups in total. The summed E-state index contributed by atoms with van der Waals surface area (Å²) in [6.45, 7) is 2.19. The van der Waals surface area contributed by atoms with Gasteiger partial charge in [0.1, 0.15) is 0 Å². The number of carbonyl (C=O) groups excluding carboxylic acids is 1. The maximum atomic E-state index is 12.8. The molecule has 4 rings (SSSR count). The summed E-state index contributed by atoms with van der Waals surface area (Å²) in [5, 5.41) is 3.75. The third kappa shape index (κ3) is 4.41. The first kappa shape index (κ1) is 19.1. The number of nitrogens with one attached hydrogen (secondary N) is 1. The number of hydrogen-bond acceptors (Lipinski definition) is 5. The average molecular weight is 402 g/mol. The summed E-state index contributed by atoms with van der Waals surface area (Å²) >= 11 is 6.08. The third-order valence-electron chi connectivity index (χ3n) is 5.16. The Kier molecular flexibility index (Phi) is 5.71. The molecule has 0 unspecified atom stereocenters. The Hall–Kier alpha value is -2.28. The molecule has 1 fully saturated rings. The van der Waals surface area contributed by atoms with Gasteiger partial charge in [-0.3, -0.25) is 9.69 Å². The minimum atomic E-state index is -0.217. The van der Waals surface area contributed by atoms with Crippen molar-refractivity contribution in [3.63, 3.8) is 0 Å². The molecule has 2 aliphatic heterocycles. The number of carbonyl (C=O) groups is 1. The summed E-state index contributed by atoms with van der Waals surface area (Å²) in [6.07, 6.45) is 1.39. The van der Waals surface area contributed by atoms with Gasteiger partial charge in [-0.25, -0.2) is 0 Å². The predicted octanol–water partition coefficient (Wildman–Crippen LogP) is 2.33. The molecule has 2 heterocycles. The number of hydrogen-bond donors (Lipinski definition) is 2. The van der Waals surface area contributed by atoms with E-state index in [2.05, 4.69) is 10.2 Å². The number of nitrogens with two attached hydrogens (primary N) is 1. The highest BCUT2D eigenvalue weighted by atomic mass is 35.5. The van der Waals surface area contributed by atoms with Gasteiger partial charge in [0.05, 0.1) is 6.04 Å².